The minimum atomic E-state index is -0.341. The number of benzene rings is 1. The van der Waals surface area contributed by atoms with E-state index in [1.807, 2.05) is 4.90 Å². The van der Waals surface area contributed by atoms with Crippen LogP contribution in [0.3, 0.4) is 0 Å². The zero-order valence-electron chi connectivity index (χ0n) is 10.9. The molecule has 1 aliphatic rings. The second-order valence-corrected chi connectivity index (χ2v) is 4.38. The molecule has 1 aliphatic heterocycles. The van der Waals surface area contributed by atoms with Gasteiger partial charge < -0.3 is 20.3 Å². The van der Waals surface area contributed by atoms with E-state index in [-0.39, 0.29) is 11.9 Å². The second-order valence-electron chi connectivity index (χ2n) is 4.38. The number of piperazine rings is 1. The third-order valence-corrected chi connectivity index (χ3v) is 3.14. The van der Waals surface area contributed by atoms with Crippen LogP contribution in [0.1, 0.15) is 6.92 Å². The summed E-state index contributed by atoms with van der Waals surface area (Å²) in [6.45, 7) is 4.64. The van der Waals surface area contributed by atoms with E-state index < -0.39 is 0 Å². The van der Waals surface area contributed by atoms with Crippen LogP contribution in [0.4, 0.5) is 20.6 Å². The van der Waals surface area contributed by atoms with Crippen LogP contribution in [0.25, 0.3) is 0 Å². The van der Waals surface area contributed by atoms with Gasteiger partial charge in [-0.25, -0.2) is 9.18 Å². The highest BCUT2D eigenvalue weighted by atomic mass is 19.1. The standard InChI is InChI=1S/C13H18FN3O2/c1-2-19-13(18)17-7-5-16(6-8-17)12-4-3-10(14)9-11(12)15/h3-4,9H,2,5-8,15H2,1H3. The van der Waals surface area contributed by atoms with Crippen molar-refractivity contribution in [3.8, 4) is 0 Å². The van der Waals surface area contributed by atoms with Crippen molar-refractivity contribution < 1.29 is 13.9 Å². The number of nitrogens with zero attached hydrogens (tertiary/aromatic N) is 2. The molecule has 1 fully saturated rings. The Morgan fingerprint density at radius 1 is 1.37 bits per heavy atom. The van der Waals surface area contributed by atoms with E-state index in [9.17, 15) is 9.18 Å². The van der Waals surface area contributed by atoms with Gasteiger partial charge in [0.05, 0.1) is 18.0 Å². The zero-order valence-corrected chi connectivity index (χ0v) is 10.9. The summed E-state index contributed by atoms with van der Waals surface area (Å²) in [4.78, 5) is 15.3. The minimum Gasteiger partial charge on any atom is -0.450 e. The molecule has 0 saturated carbocycles. The molecule has 0 spiro atoms. The lowest BCUT2D eigenvalue weighted by atomic mass is 10.2. The van der Waals surface area contributed by atoms with Crippen LogP contribution in [0.15, 0.2) is 18.2 Å². The number of carbonyl (C=O) groups is 1. The zero-order chi connectivity index (χ0) is 13.8. The molecule has 1 aromatic carbocycles. The van der Waals surface area contributed by atoms with Crippen LogP contribution in [-0.4, -0.2) is 43.8 Å². The van der Waals surface area contributed by atoms with Crippen LogP contribution >= 0.6 is 0 Å². The number of hydrogen-bond donors (Lipinski definition) is 1. The number of rotatable bonds is 2. The molecule has 0 radical (unpaired) electrons. The Hall–Kier alpha value is -1.98. The Morgan fingerprint density at radius 2 is 2.05 bits per heavy atom. The number of nitrogen functional groups attached to an aromatic ring is 1. The Kier molecular flexibility index (Phi) is 4.09. The lowest BCUT2D eigenvalue weighted by Gasteiger charge is -2.35. The van der Waals surface area contributed by atoms with Crippen molar-refractivity contribution in [2.24, 2.45) is 0 Å². The van der Waals surface area contributed by atoms with Gasteiger partial charge in [-0.05, 0) is 25.1 Å². The van der Waals surface area contributed by atoms with Crippen molar-refractivity contribution in [1.29, 1.82) is 0 Å². The lowest BCUT2D eigenvalue weighted by molar-refractivity contribution is 0.105. The predicted octanol–water partition coefficient (Wildman–Crippen LogP) is 1.69. The average Bonchev–Trinajstić information content (AvgIpc) is 2.39. The Labute approximate surface area is 111 Å². The summed E-state index contributed by atoms with van der Waals surface area (Å²) < 4.78 is 18.0. The topological polar surface area (TPSA) is 58.8 Å². The van der Waals surface area contributed by atoms with Crippen molar-refractivity contribution in [1.82, 2.24) is 4.90 Å². The van der Waals surface area contributed by atoms with Gasteiger partial charge in [-0.15, -0.1) is 0 Å². The molecule has 0 atom stereocenters. The second kappa shape index (κ2) is 5.77. The van der Waals surface area contributed by atoms with Crippen molar-refractivity contribution in [2.75, 3.05) is 43.4 Å². The maximum Gasteiger partial charge on any atom is 0.409 e. The van der Waals surface area contributed by atoms with Gasteiger partial charge in [0.1, 0.15) is 5.82 Å². The molecule has 1 saturated heterocycles. The van der Waals surface area contributed by atoms with E-state index in [2.05, 4.69) is 0 Å². The first-order valence-electron chi connectivity index (χ1n) is 6.33. The molecule has 2 N–H and O–H groups in total. The first-order chi connectivity index (χ1) is 9.11. The predicted molar refractivity (Wildman–Crippen MR) is 71.6 cm³/mol. The number of amides is 1. The Morgan fingerprint density at radius 3 is 2.63 bits per heavy atom. The largest absolute Gasteiger partial charge is 0.450 e. The molecule has 1 aromatic rings. The van der Waals surface area contributed by atoms with Crippen molar-refractivity contribution in [2.45, 2.75) is 6.92 Å². The summed E-state index contributed by atoms with van der Waals surface area (Å²) in [6, 6.07) is 4.38. The average molecular weight is 267 g/mol. The van der Waals surface area contributed by atoms with Crippen LogP contribution < -0.4 is 10.6 Å². The monoisotopic (exact) mass is 267 g/mol. The molecule has 6 heteroatoms. The van der Waals surface area contributed by atoms with E-state index >= 15 is 0 Å². The van der Waals surface area contributed by atoms with Crippen molar-refractivity contribution in [3.63, 3.8) is 0 Å². The summed E-state index contributed by atoms with van der Waals surface area (Å²) >= 11 is 0. The molecule has 0 aliphatic carbocycles. The Balaban J connectivity index is 1.98. The highest BCUT2D eigenvalue weighted by Gasteiger charge is 2.22. The fourth-order valence-corrected chi connectivity index (χ4v) is 2.16. The minimum absolute atomic E-state index is 0.283. The summed E-state index contributed by atoms with van der Waals surface area (Å²) in [7, 11) is 0. The number of nitrogens with two attached hydrogens (primary N) is 1. The molecular formula is C13H18FN3O2. The smallest absolute Gasteiger partial charge is 0.409 e. The maximum absolute atomic E-state index is 13.0. The van der Waals surface area contributed by atoms with Gasteiger partial charge in [-0.3, -0.25) is 0 Å². The molecule has 19 heavy (non-hydrogen) atoms. The van der Waals surface area contributed by atoms with E-state index in [4.69, 9.17) is 10.5 Å². The first kappa shape index (κ1) is 13.5. The van der Waals surface area contributed by atoms with Crippen molar-refractivity contribution >= 4 is 17.5 Å². The van der Waals surface area contributed by atoms with Crippen LogP contribution in [0.2, 0.25) is 0 Å². The van der Waals surface area contributed by atoms with Crippen LogP contribution in [0.5, 0.6) is 0 Å². The third-order valence-electron chi connectivity index (χ3n) is 3.14. The number of ether oxygens (including phenoxy) is 1. The summed E-state index contributed by atoms with van der Waals surface area (Å²) in [5, 5.41) is 0. The molecule has 5 nitrogen and oxygen atoms in total. The van der Waals surface area contributed by atoms with Gasteiger partial charge in [0, 0.05) is 26.2 Å². The van der Waals surface area contributed by atoms with Crippen molar-refractivity contribution in [3.05, 3.63) is 24.0 Å². The summed E-state index contributed by atoms with van der Waals surface area (Å²) in [5.74, 6) is -0.341. The van der Waals surface area contributed by atoms with Crippen LogP contribution in [0, 0.1) is 5.82 Å². The molecule has 0 unspecified atom stereocenters. The number of halogens is 1. The molecule has 0 bridgehead atoms. The first-order valence-corrected chi connectivity index (χ1v) is 6.33. The van der Waals surface area contributed by atoms with Gasteiger partial charge in [0.25, 0.3) is 0 Å². The summed E-state index contributed by atoms with van der Waals surface area (Å²) in [6.07, 6.45) is -0.283. The molecule has 0 aromatic heterocycles. The van der Waals surface area contributed by atoms with Gasteiger partial charge in [0.15, 0.2) is 0 Å². The molecular weight excluding hydrogens is 249 g/mol. The number of hydrogen-bond acceptors (Lipinski definition) is 4. The Bertz CT molecular complexity index is 459. The molecule has 104 valence electrons. The number of anilines is 2. The quantitative estimate of drug-likeness (QED) is 0.828. The maximum atomic E-state index is 13.0. The molecule has 1 heterocycles. The summed E-state index contributed by atoms with van der Waals surface area (Å²) in [5.41, 5.74) is 7.04. The fourth-order valence-electron chi connectivity index (χ4n) is 2.16. The molecule has 1 amide bonds. The van der Waals surface area contributed by atoms with Gasteiger partial charge in [0.2, 0.25) is 0 Å². The van der Waals surface area contributed by atoms with E-state index in [1.54, 1.807) is 17.9 Å². The van der Waals surface area contributed by atoms with Crippen LogP contribution in [-0.2, 0) is 4.74 Å². The van der Waals surface area contributed by atoms with E-state index in [1.165, 1.54) is 12.1 Å². The third kappa shape index (κ3) is 3.07. The lowest BCUT2D eigenvalue weighted by Crippen LogP contribution is -2.49. The SMILES string of the molecule is CCOC(=O)N1CCN(c2ccc(F)cc2N)CC1. The fraction of sp³-hybridized carbons (Fsp3) is 0.462. The highest BCUT2D eigenvalue weighted by molar-refractivity contribution is 5.70. The van der Waals surface area contributed by atoms with Gasteiger partial charge >= 0.3 is 6.09 Å². The van der Waals surface area contributed by atoms with E-state index in [0.29, 0.717) is 38.5 Å². The normalized spacial score (nSPS) is 15.5. The molecule has 2 rings (SSSR count). The van der Waals surface area contributed by atoms with E-state index in [0.717, 1.165) is 5.69 Å². The van der Waals surface area contributed by atoms with Gasteiger partial charge in [-0.1, -0.05) is 0 Å². The van der Waals surface area contributed by atoms with Gasteiger partial charge in [-0.2, -0.15) is 0 Å². The highest BCUT2D eigenvalue weighted by Crippen LogP contribution is 2.25. The number of carbonyl (C=O) groups excluding carboxylic acids is 1.